The molecule has 0 unspecified atom stereocenters. The lowest BCUT2D eigenvalue weighted by Gasteiger charge is -2.15. The minimum absolute atomic E-state index is 0.0489. The number of amides is 2. The fourth-order valence-electron chi connectivity index (χ4n) is 3.24. The Hall–Kier alpha value is -3.35. The quantitative estimate of drug-likeness (QED) is 0.512. The maximum absolute atomic E-state index is 13.5. The zero-order valence-corrected chi connectivity index (χ0v) is 17.7. The fourth-order valence-corrected chi connectivity index (χ4v) is 3.63. The molecule has 5 nitrogen and oxygen atoms in total. The smallest absolute Gasteiger partial charge is 0.282 e. The fraction of sp³-hybridized carbons (Fsp3) is 0.0435. The summed E-state index contributed by atoms with van der Waals surface area (Å²) >= 11 is 12.1. The van der Waals surface area contributed by atoms with Crippen LogP contribution in [0.15, 0.2) is 72.4 Å². The number of carbonyl (C=O) groups is 2. The SMILES string of the molecule is COc1ccc(NC2=C(c3ccc(F)cc3)C(=O)N(c3ccc(Cl)cc3)C2=O)cc1Cl. The van der Waals surface area contributed by atoms with Crippen molar-refractivity contribution in [3.8, 4) is 5.75 Å². The van der Waals surface area contributed by atoms with Gasteiger partial charge in [-0.1, -0.05) is 35.3 Å². The van der Waals surface area contributed by atoms with Crippen molar-refractivity contribution >= 4 is 52.0 Å². The number of ether oxygens (including phenoxy) is 1. The van der Waals surface area contributed by atoms with Gasteiger partial charge in [0.1, 0.15) is 17.3 Å². The number of rotatable bonds is 5. The molecule has 3 aromatic carbocycles. The first-order valence-corrected chi connectivity index (χ1v) is 9.90. The van der Waals surface area contributed by atoms with Gasteiger partial charge in [-0.05, 0) is 60.2 Å². The van der Waals surface area contributed by atoms with Crippen molar-refractivity contribution in [3.63, 3.8) is 0 Å². The lowest BCUT2D eigenvalue weighted by Crippen LogP contribution is -2.32. The standard InChI is InChI=1S/C23H15Cl2FN2O3/c1-31-19-11-8-16(12-18(19)25)27-21-20(13-2-6-15(26)7-3-13)22(29)28(23(21)30)17-9-4-14(24)5-10-17/h2-12,27H,1H3. The molecule has 0 saturated heterocycles. The van der Waals surface area contributed by atoms with E-state index in [2.05, 4.69) is 5.32 Å². The minimum atomic E-state index is -0.557. The van der Waals surface area contributed by atoms with Crippen LogP contribution in [-0.2, 0) is 9.59 Å². The van der Waals surface area contributed by atoms with Crippen molar-refractivity contribution in [2.24, 2.45) is 0 Å². The van der Waals surface area contributed by atoms with Gasteiger partial charge >= 0.3 is 0 Å². The second-order valence-corrected chi connectivity index (χ2v) is 7.50. The number of carbonyl (C=O) groups excluding carboxylic acids is 2. The van der Waals surface area contributed by atoms with Crippen LogP contribution < -0.4 is 15.0 Å². The van der Waals surface area contributed by atoms with Gasteiger partial charge < -0.3 is 10.1 Å². The summed E-state index contributed by atoms with van der Waals surface area (Å²) < 4.78 is 18.6. The minimum Gasteiger partial charge on any atom is -0.495 e. The Kier molecular flexibility index (Phi) is 5.67. The van der Waals surface area contributed by atoms with E-state index in [1.54, 1.807) is 42.5 Å². The van der Waals surface area contributed by atoms with Crippen molar-refractivity contribution in [2.75, 3.05) is 17.3 Å². The zero-order valence-electron chi connectivity index (χ0n) is 16.2. The highest BCUT2D eigenvalue weighted by atomic mass is 35.5. The largest absolute Gasteiger partial charge is 0.495 e. The Bertz CT molecular complexity index is 1210. The van der Waals surface area contributed by atoms with Gasteiger partial charge in [-0.25, -0.2) is 9.29 Å². The van der Waals surface area contributed by atoms with E-state index in [1.807, 2.05) is 0 Å². The Balaban J connectivity index is 1.80. The number of methoxy groups -OCH3 is 1. The first-order chi connectivity index (χ1) is 14.9. The molecule has 1 aliphatic rings. The summed E-state index contributed by atoms with van der Waals surface area (Å²) in [6.45, 7) is 0. The Morgan fingerprint density at radius 3 is 2.19 bits per heavy atom. The molecule has 3 aromatic rings. The molecule has 0 aliphatic carbocycles. The van der Waals surface area contributed by atoms with E-state index in [9.17, 15) is 14.0 Å². The maximum Gasteiger partial charge on any atom is 0.282 e. The van der Waals surface area contributed by atoms with E-state index >= 15 is 0 Å². The molecule has 0 radical (unpaired) electrons. The van der Waals surface area contributed by atoms with Crippen LogP contribution in [0.5, 0.6) is 5.75 Å². The number of hydrogen-bond acceptors (Lipinski definition) is 4. The summed E-state index contributed by atoms with van der Waals surface area (Å²) in [5.74, 6) is -1.08. The summed E-state index contributed by atoms with van der Waals surface area (Å²) in [5, 5.41) is 3.80. The molecule has 0 saturated carbocycles. The van der Waals surface area contributed by atoms with E-state index in [0.29, 0.717) is 32.7 Å². The van der Waals surface area contributed by atoms with E-state index in [1.165, 1.54) is 31.4 Å². The number of nitrogens with zero attached hydrogens (tertiary/aromatic N) is 1. The van der Waals surface area contributed by atoms with Crippen LogP contribution in [-0.4, -0.2) is 18.9 Å². The van der Waals surface area contributed by atoms with Crippen LogP contribution in [0, 0.1) is 5.82 Å². The molecule has 1 aliphatic heterocycles. The number of anilines is 2. The molecular weight excluding hydrogens is 442 g/mol. The summed E-state index contributed by atoms with van der Waals surface area (Å²) in [6, 6.07) is 16.6. The van der Waals surface area contributed by atoms with E-state index in [-0.39, 0.29) is 11.3 Å². The second kappa shape index (κ2) is 8.41. The van der Waals surface area contributed by atoms with Crippen molar-refractivity contribution in [1.29, 1.82) is 0 Å². The molecule has 4 rings (SSSR count). The van der Waals surface area contributed by atoms with Crippen molar-refractivity contribution in [2.45, 2.75) is 0 Å². The molecule has 0 aromatic heterocycles. The van der Waals surface area contributed by atoms with E-state index in [0.717, 1.165) is 4.90 Å². The van der Waals surface area contributed by atoms with Gasteiger partial charge in [0.25, 0.3) is 11.8 Å². The van der Waals surface area contributed by atoms with Gasteiger partial charge in [-0.3, -0.25) is 9.59 Å². The van der Waals surface area contributed by atoms with Crippen LogP contribution in [0.1, 0.15) is 5.56 Å². The highest BCUT2D eigenvalue weighted by Gasteiger charge is 2.40. The third-order valence-corrected chi connectivity index (χ3v) is 5.27. The Morgan fingerprint density at radius 2 is 1.58 bits per heavy atom. The molecule has 156 valence electrons. The first-order valence-electron chi connectivity index (χ1n) is 9.14. The highest BCUT2D eigenvalue weighted by molar-refractivity contribution is 6.46. The van der Waals surface area contributed by atoms with Crippen LogP contribution in [0.25, 0.3) is 5.57 Å². The number of hydrogen-bond donors (Lipinski definition) is 1. The average Bonchev–Trinajstić information content (AvgIpc) is 2.99. The Labute approximate surface area is 187 Å². The molecule has 0 bridgehead atoms. The van der Waals surface area contributed by atoms with Gasteiger partial charge in [0, 0.05) is 10.7 Å². The van der Waals surface area contributed by atoms with E-state index < -0.39 is 17.6 Å². The topological polar surface area (TPSA) is 58.6 Å². The van der Waals surface area contributed by atoms with Gasteiger partial charge in [0.15, 0.2) is 0 Å². The molecule has 1 heterocycles. The van der Waals surface area contributed by atoms with Crippen molar-refractivity contribution < 1.29 is 18.7 Å². The molecule has 0 spiro atoms. The zero-order chi connectivity index (χ0) is 22.1. The molecular formula is C23H15Cl2FN2O3. The molecule has 31 heavy (non-hydrogen) atoms. The van der Waals surface area contributed by atoms with Gasteiger partial charge in [-0.2, -0.15) is 0 Å². The van der Waals surface area contributed by atoms with Crippen LogP contribution >= 0.6 is 23.2 Å². The number of imide groups is 1. The number of halogens is 3. The van der Waals surface area contributed by atoms with Crippen molar-refractivity contribution in [3.05, 3.63) is 93.9 Å². The highest BCUT2D eigenvalue weighted by Crippen LogP contribution is 2.35. The number of nitrogens with one attached hydrogen (secondary N) is 1. The molecule has 2 amide bonds. The average molecular weight is 457 g/mol. The first kappa shape index (κ1) is 20.9. The molecule has 1 N–H and O–H groups in total. The lowest BCUT2D eigenvalue weighted by atomic mass is 10.0. The van der Waals surface area contributed by atoms with Crippen LogP contribution in [0.3, 0.4) is 0 Å². The number of benzene rings is 3. The molecule has 0 fully saturated rings. The predicted octanol–water partition coefficient (Wildman–Crippen LogP) is 5.54. The van der Waals surface area contributed by atoms with Crippen LogP contribution in [0.2, 0.25) is 10.0 Å². The van der Waals surface area contributed by atoms with Crippen molar-refractivity contribution in [1.82, 2.24) is 0 Å². The third kappa shape index (κ3) is 4.00. The van der Waals surface area contributed by atoms with Gasteiger partial charge in [0.2, 0.25) is 0 Å². The summed E-state index contributed by atoms with van der Waals surface area (Å²) in [5.41, 5.74) is 1.42. The lowest BCUT2D eigenvalue weighted by molar-refractivity contribution is -0.120. The normalized spacial score (nSPS) is 13.7. The third-order valence-electron chi connectivity index (χ3n) is 4.72. The maximum atomic E-state index is 13.5. The predicted molar refractivity (Wildman–Crippen MR) is 119 cm³/mol. The summed E-state index contributed by atoms with van der Waals surface area (Å²) in [6.07, 6.45) is 0. The van der Waals surface area contributed by atoms with Gasteiger partial charge in [0.05, 0.1) is 23.4 Å². The molecule has 0 atom stereocenters. The van der Waals surface area contributed by atoms with Crippen LogP contribution in [0.4, 0.5) is 15.8 Å². The monoisotopic (exact) mass is 456 g/mol. The Morgan fingerprint density at radius 1 is 0.903 bits per heavy atom. The summed E-state index contributed by atoms with van der Waals surface area (Å²) in [7, 11) is 1.49. The van der Waals surface area contributed by atoms with E-state index in [4.69, 9.17) is 27.9 Å². The van der Waals surface area contributed by atoms with Gasteiger partial charge in [-0.15, -0.1) is 0 Å². The second-order valence-electron chi connectivity index (χ2n) is 6.65. The molecule has 8 heteroatoms. The summed E-state index contributed by atoms with van der Waals surface area (Å²) in [4.78, 5) is 27.6.